The minimum atomic E-state index is -0.973. The van der Waals surface area contributed by atoms with E-state index in [0.29, 0.717) is 28.8 Å². The number of benzene rings is 1. The molecule has 0 radical (unpaired) electrons. The third kappa shape index (κ3) is 2.95. The van der Waals surface area contributed by atoms with Crippen LogP contribution in [0.3, 0.4) is 0 Å². The molecule has 0 bridgehead atoms. The van der Waals surface area contributed by atoms with E-state index in [0.717, 1.165) is 24.1 Å². The summed E-state index contributed by atoms with van der Waals surface area (Å²) in [5, 5.41) is 0. The van der Waals surface area contributed by atoms with Crippen LogP contribution in [-0.2, 0) is 4.74 Å². The van der Waals surface area contributed by atoms with Crippen molar-refractivity contribution < 1.29 is 18.3 Å². The molecule has 3 rings (SSSR count). The lowest BCUT2D eigenvalue weighted by molar-refractivity contribution is 0.0600. The zero-order valence-electron chi connectivity index (χ0n) is 12.9. The fourth-order valence-corrected chi connectivity index (χ4v) is 2.62. The molecular formula is C18H14F2N2O2. The van der Waals surface area contributed by atoms with Gasteiger partial charge in [-0.2, -0.15) is 0 Å². The molecule has 0 saturated carbocycles. The number of carbonyl (C=O) groups excluding carboxylic acids is 1. The number of halogens is 2. The molecule has 0 aliphatic carbocycles. The first-order chi connectivity index (χ1) is 11.6. The number of methoxy groups -OCH3 is 1. The lowest BCUT2D eigenvalue weighted by Gasteiger charge is -2.16. The van der Waals surface area contributed by atoms with Crippen molar-refractivity contribution in [2.24, 2.45) is 4.99 Å². The van der Waals surface area contributed by atoms with Gasteiger partial charge in [0.2, 0.25) is 0 Å². The molecule has 0 N–H and O–H groups in total. The van der Waals surface area contributed by atoms with E-state index in [1.165, 1.54) is 19.4 Å². The van der Waals surface area contributed by atoms with Crippen LogP contribution in [0.25, 0.3) is 16.8 Å². The minimum Gasteiger partial charge on any atom is -0.465 e. The maximum atomic E-state index is 13.6. The SMILES string of the molecule is COC(=O)c1ccnc(-c2ccc(F)c(F)c2)c1C1=CN=CCC1. The van der Waals surface area contributed by atoms with Crippen LogP contribution in [0.1, 0.15) is 28.8 Å². The molecule has 0 atom stereocenters. The van der Waals surface area contributed by atoms with Crippen molar-refractivity contribution in [1.82, 2.24) is 4.98 Å². The Morgan fingerprint density at radius 3 is 2.71 bits per heavy atom. The molecule has 0 unspecified atom stereocenters. The fraction of sp³-hybridized carbons (Fsp3) is 0.167. The summed E-state index contributed by atoms with van der Waals surface area (Å²) < 4.78 is 31.7. The van der Waals surface area contributed by atoms with Gasteiger partial charge < -0.3 is 4.74 Å². The number of rotatable bonds is 3. The summed E-state index contributed by atoms with van der Waals surface area (Å²) in [5.41, 5.74) is 2.42. The highest BCUT2D eigenvalue weighted by atomic mass is 19.2. The number of nitrogens with zero attached hydrogens (tertiary/aromatic N) is 2. The molecule has 0 amide bonds. The molecule has 0 saturated heterocycles. The molecule has 0 spiro atoms. The largest absolute Gasteiger partial charge is 0.465 e. The van der Waals surface area contributed by atoms with Crippen molar-refractivity contribution in [3.05, 3.63) is 59.4 Å². The van der Waals surface area contributed by atoms with Crippen LogP contribution in [0.2, 0.25) is 0 Å². The number of ether oxygens (including phenoxy) is 1. The molecule has 1 aromatic carbocycles. The third-order valence-corrected chi connectivity index (χ3v) is 3.75. The molecule has 1 aliphatic heterocycles. The summed E-state index contributed by atoms with van der Waals surface area (Å²) in [6, 6.07) is 5.07. The molecule has 0 fully saturated rings. The van der Waals surface area contributed by atoms with Gasteiger partial charge in [0.05, 0.1) is 18.4 Å². The first-order valence-corrected chi connectivity index (χ1v) is 7.35. The van der Waals surface area contributed by atoms with Crippen LogP contribution in [0.4, 0.5) is 8.78 Å². The number of carbonyl (C=O) groups is 1. The van der Waals surface area contributed by atoms with Crippen LogP contribution in [-0.4, -0.2) is 24.3 Å². The molecule has 1 aromatic heterocycles. The Labute approximate surface area is 137 Å². The van der Waals surface area contributed by atoms with Crippen molar-refractivity contribution in [3.63, 3.8) is 0 Å². The average molecular weight is 328 g/mol. The second-order valence-corrected chi connectivity index (χ2v) is 5.23. The van der Waals surface area contributed by atoms with Crippen LogP contribution >= 0.6 is 0 Å². The second kappa shape index (κ2) is 6.70. The molecular weight excluding hydrogens is 314 g/mol. The molecule has 24 heavy (non-hydrogen) atoms. The van der Waals surface area contributed by atoms with Crippen molar-refractivity contribution >= 4 is 17.8 Å². The maximum Gasteiger partial charge on any atom is 0.338 e. The van der Waals surface area contributed by atoms with E-state index in [1.54, 1.807) is 18.5 Å². The van der Waals surface area contributed by atoms with E-state index in [9.17, 15) is 13.6 Å². The van der Waals surface area contributed by atoms with Crippen LogP contribution in [0, 0.1) is 11.6 Å². The van der Waals surface area contributed by atoms with E-state index in [2.05, 4.69) is 9.98 Å². The minimum absolute atomic E-state index is 0.315. The van der Waals surface area contributed by atoms with Gasteiger partial charge in [-0.3, -0.25) is 9.98 Å². The van der Waals surface area contributed by atoms with Crippen molar-refractivity contribution in [2.45, 2.75) is 12.8 Å². The third-order valence-electron chi connectivity index (χ3n) is 3.75. The van der Waals surface area contributed by atoms with Gasteiger partial charge in [-0.05, 0) is 42.7 Å². The van der Waals surface area contributed by atoms with E-state index in [4.69, 9.17) is 4.74 Å². The molecule has 4 nitrogen and oxygen atoms in total. The Kier molecular flexibility index (Phi) is 4.46. The molecule has 2 heterocycles. The van der Waals surface area contributed by atoms with E-state index in [1.807, 2.05) is 0 Å². The molecule has 2 aromatic rings. The number of allylic oxidation sites excluding steroid dienone is 1. The average Bonchev–Trinajstić information content (AvgIpc) is 2.63. The standard InChI is InChI=1S/C18H14F2N2O2/c1-24-18(23)13-6-8-22-17(11-4-5-14(19)15(20)9-11)16(13)12-3-2-7-21-10-12/h4-10H,2-3H2,1H3. The van der Waals surface area contributed by atoms with Gasteiger partial charge >= 0.3 is 5.97 Å². The molecule has 122 valence electrons. The predicted octanol–water partition coefficient (Wildman–Crippen LogP) is 4.02. The first-order valence-electron chi connectivity index (χ1n) is 7.35. The van der Waals surface area contributed by atoms with Gasteiger partial charge in [0.15, 0.2) is 11.6 Å². The number of hydrogen-bond donors (Lipinski definition) is 0. The van der Waals surface area contributed by atoms with Gasteiger partial charge in [0.25, 0.3) is 0 Å². The van der Waals surface area contributed by atoms with E-state index < -0.39 is 17.6 Å². The van der Waals surface area contributed by atoms with Crippen LogP contribution in [0.5, 0.6) is 0 Å². The van der Waals surface area contributed by atoms with E-state index in [-0.39, 0.29) is 0 Å². The molecule has 6 heteroatoms. The maximum absolute atomic E-state index is 13.6. The summed E-state index contributed by atoms with van der Waals surface area (Å²) in [5.74, 6) is -2.43. The zero-order chi connectivity index (χ0) is 17.1. The number of aromatic nitrogens is 1. The zero-order valence-corrected chi connectivity index (χ0v) is 12.9. The number of pyridine rings is 1. The number of esters is 1. The Balaban J connectivity index is 2.25. The van der Waals surface area contributed by atoms with Crippen LogP contribution < -0.4 is 0 Å². The lowest BCUT2D eigenvalue weighted by Crippen LogP contribution is -2.09. The Bertz CT molecular complexity index is 860. The molecule has 1 aliphatic rings. The highest BCUT2D eigenvalue weighted by Gasteiger charge is 2.22. The smallest absolute Gasteiger partial charge is 0.338 e. The predicted molar refractivity (Wildman–Crippen MR) is 86.6 cm³/mol. The monoisotopic (exact) mass is 328 g/mol. The summed E-state index contributed by atoms with van der Waals surface area (Å²) in [6.07, 6.45) is 6.25. The topological polar surface area (TPSA) is 51.5 Å². The Morgan fingerprint density at radius 1 is 1.21 bits per heavy atom. The summed E-state index contributed by atoms with van der Waals surface area (Å²) in [4.78, 5) is 20.5. The van der Waals surface area contributed by atoms with Gasteiger partial charge in [0, 0.05) is 29.7 Å². The summed E-state index contributed by atoms with van der Waals surface area (Å²) >= 11 is 0. The fourth-order valence-electron chi connectivity index (χ4n) is 2.62. The van der Waals surface area contributed by atoms with Crippen molar-refractivity contribution in [3.8, 4) is 11.3 Å². The quantitative estimate of drug-likeness (QED) is 0.800. The first kappa shape index (κ1) is 16.0. The summed E-state index contributed by atoms with van der Waals surface area (Å²) in [6.45, 7) is 0. The van der Waals surface area contributed by atoms with E-state index >= 15 is 0 Å². The highest BCUT2D eigenvalue weighted by Crippen LogP contribution is 2.34. The Hall–Kier alpha value is -2.89. The van der Waals surface area contributed by atoms with Gasteiger partial charge in [-0.15, -0.1) is 0 Å². The van der Waals surface area contributed by atoms with Gasteiger partial charge in [-0.25, -0.2) is 13.6 Å². The van der Waals surface area contributed by atoms with Crippen molar-refractivity contribution in [2.75, 3.05) is 7.11 Å². The normalized spacial score (nSPS) is 13.5. The second-order valence-electron chi connectivity index (χ2n) is 5.23. The van der Waals surface area contributed by atoms with Crippen molar-refractivity contribution in [1.29, 1.82) is 0 Å². The van der Waals surface area contributed by atoms with Crippen LogP contribution in [0.15, 0.2) is 41.7 Å². The highest BCUT2D eigenvalue weighted by molar-refractivity contribution is 5.99. The van der Waals surface area contributed by atoms with Gasteiger partial charge in [-0.1, -0.05) is 0 Å². The number of aliphatic imine (C=N–C) groups is 1. The van der Waals surface area contributed by atoms with Gasteiger partial charge in [0.1, 0.15) is 0 Å². The Morgan fingerprint density at radius 2 is 2.04 bits per heavy atom. The number of hydrogen-bond acceptors (Lipinski definition) is 4. The summed E-state index contributed by atoms with van der Waals surface area (Å²) in [7, 11) is 1.29. The lowest BCUT2D eigenvalue weighted by atomic mass is 9.92.